The van der Waals surface area contributed by atoms with Gasteiger partial charge in [-0.2, -0.15) is 5.10 Å². The van der Waals surface area contributed by atoms with Crippen molar-refractivity contribution in [3.8, 4) is 0 Å². The van der Waals surface area contributed by atoms with Crippen LogP contribution in [0.3, 0.4) is 0 Å². The molecule has 1 atom stereocenters. The Morgan fingerprint density at radius 2 is 2.00 bits per heavy atom. The van der Waals surface area contributed by atoms with E-state index in [1.165, 1.54) is 44.3 Å². The van der Waals surface area contributed by atoms with Crippen LogP contribution >= 0.6 is 0 Å². The van der Waals surface area contributed by atoms with Crippen molar-refractivity contribution in [3.63, 3.8) is 0 Å². The maximum Gasteiger partial charge on any atom is 0.272 e. The van der Waals surface area contributed by atoms with Gasteiger partial charge in [0.1, 0.15) is 5.69 Å². The van der Waals surface area contributed by atoms with Gasteiger partial charge in [0, 0.05) is 31.2 Å². The summed E-state index contributed by atoms with van der Waals surface area (Å²) in [5.41, 5.74) is 4.04. The quantitative estimate of drug-likeness (QED) is 0.837. The molecule has 5 nitrogen and oxygen atoms in total. The van der Waals surface area contributed by atoms with Gasteiger partial charge in [0.05, 0.1) is 0 Å². The van der Waals surface area contributed by atoms with Gasteiger partial charge in [-0.3, -0.25) is 14.8 Å². The molecule has 1 amide bonds. The zero-order valence-corrected chi connectivity index (χ0v) is 15.5. The van der Waals surface area contributed by atoms with Crippen LogP contribution in [0.1, 0.15) is 65.8 Å². The van der Waals surface area contributed by atoms with Gasteiger partial charge in [0.15, 0.2) is 0 Å². The monoisotopic (exact) mass is 352 g/mol. The van der Waals surface area contributed by atoms with Crippen molar-refractivity contribution in [2.75, 3.05) is 13.1 Å². The number of carbonyl (C=O) groups excluding carboxylic acids is 1. The molecule has 1 aliphatic heterocycles. The predicted molar refractivity (Wildman–Crippen MR) is 102 cm³/mol. The van der Waals surface area contributed by atoms with E-state index in [1.807, 2.05) is 6.07 Å². The van der Waals surface area contributed by atoms with Crippen molar-refractivity contribution in [2.24, 2.45) is 5.92 Å². The zero-order chi connectivity index (χ0) is 17.9. The smallest absolute Gasteiger partial charge is 0.272 e. The van der Waals surface area contributed by atoms with E-state index in [0.29, 0.717) is 18.2 Å². The molecular weight excluding hydrogens is 324 g/mol. The van der Waals surface area contributed by atoms with Crippen LogP contribution in [0.2, 0.25) is 0 Å². The number of aromatic amines is 1. The zero-order valence-electron chi connectivity index (χ0n) is 15.5. The van der Waals surface area contributed by atoms with E-state index in [-0.39, 0.29) is 5.91 Å². The first-order valence-electron chi connectivity index (χ1n) is 9.81. The van der Waals surface area contributed by atoms with Crippen LogP contribution in [0.4, 0.5) is 0 Å². The molecule has 0 radical (unpaired) electrons. The third-order valence-corrected chi connectivity index (χ3v) is 5.47. The number of hydrogen-bond acceptors (Lipinski definition) is 3. The highest BCUT2D eigenvalue weighted by atomic mass is 16.1. The Kier molecular flexibility index (Phi) is 5.07. The Labute approximate surface area is 155 Å². The van der Waals surface area contributed by atoms with E-state index in [9.17, 15) is 4.79 Å². The molecule has 1 aromatic heterocycles. The third kappa shape index (κ3) is 4.33. The standard InChI is InChI=1S/C21H28N4O/c1-15-3-2-10-25(13-15)14-17-6-4-16(5-7-17)12-22-21(26)20-11-19(23-24-20)18-8-9-18/h4-7,11,15,18H,2-3,8-10,12-14H2,1H3,(H,22,26)(H,23,24). The summed E-state index contributed by atoms with van der Waals surface area (Å²) in [6.07, 6.45) is 5.06. The molecule has 1 aromatic carbocycles. The van der Waals surface area contributed by atoms with Crippen molar-refractivity contribution in [3.05, 3.63) is 52.8 Å². The number of nitrogens with one attached hydrogen (secondary N) is 2. The first-order valence-corrected chi connectivity index (χ1v) is 9.81. The lowest BCUT2D eigenvalue weighted by molar-refractivity contribution is 0.0946. The number of amides is 1. The van der Waals surface area contributed by atoms with E-state index in [1.54, 1.807) is 0 Å². The summed E-state index contributed by atoms with van der Waals surface area (Å²) in [6, 6.07) is 10.5. The molecule has 4 rings (SSSR count). The second-order valence-electron chi connectivity index (χ2n) is 7.96. The van der Waals surface area contributed by atoms with Crippen molar-refractivity contribution >= 4 is 5.91 Å². The molecule has 2 aromatic rings. The van der Waals surface area contributed by atoms with E-state index in [4.69, 9.17) is 0 Å². The topological polar surface area (TPSA) is 61.0 Å². The van der Waals surface area contributed by atoms with Crippen molar-refractivity contribution in [2.45, 2.75) is 51.6 Å². The molecule has 26 heavy (non-hydrogen) atoms. The molecule has 5 heteroatoms. The summed E-state index contributed by atoms with van der Waals surface area (Å²) < 4.78 is 0. The highest BCUT2D eigenvalue weighted by Gasteiger charge is 2.26. The minimum atomic E-state index is -0.112. The molecule has 2 fully saturated rings. The number of rotatable bonds is 6. The van der Waals surface area contributed by atoms with Crippen LogP contribution < -0.4 is 5.32 Å². The molecule has 1 saturated carbocycles. The minimum Gasteiger partial charge on any atom is -0.347 e. The molecule has 138 valence electrons. The molecule has 2 N–H and O–H groups in total. The van der Waals surface area contributed by atoms with Crippen LogP contribution in [0.15, 0.2) is 30.3 Å². The average molecular weight is 352 g/mol. The van der Waals surface area contributed by atoms with Gasteiger partial charge >= 0.3 is 0 Å². The Morgan fingerprint density at radius 3 is 2.73 bits per heavy atom. The summed E-state index contributed by atoms with van der Waals surface area (Å²) >= 11 is 0. The lowest BCUT2D eigenvalue weighted by Crippen LogP contribution is -2.33. The fourth-order valence-corrected chi connectivity index (χ4v) is 3.78. The van der Waals surface area contributed by atoms with Gasteiger partial charge in [-0.15, -0.1) is 0 Å². The second-order valence-corrected chi connectivity index (χ2v) is 7.96. The fraction of sp³-hybridized carbons (Fsp3) is 0.524. The molecular formula is C21H28N4O. The molecule has 1 saturated heterocycles. The lowest BCUT2D eigenvalue weighted by Gasteiger charge is -2.30. The SMILES string of the molecule is CC1CCCN(Cc2ccc(CNC(=O)c3cc(C4CC4)[nH]n3)cc2)C1. The number of benzene rings is 1. The fourth-order valence-electron chi connectivity index (χ4n) is 3.78. The first kappa shape index (κ1) is 17.3. The number of hydrogen-bond donors (Lipinski definition) is 2. The molecule has 0 spiro atoms. The van der Waals surface area contributed by atoms with Gasteiger partial charge < -0.3 is 5.32 Å². The van der Waals surface area contributed by atoms with Gasteiger partial charge in [0.25, 0.3) is 5.91 Å². The summed E-state index contributed by atoms with van der Waals surface area (Å²) in [6.45, 7) is 6.30. The number of likely N-dealkylation sites (tertiary alicyclic amines) is 1. The third-order valence-electron chi connectivity index (χ3n) is 5.47. The Balaban J connectivity index is 1.27. The van der Waals surface area contributed by atoms with E-state index >= 15 is 0 Å². The second kappa shape index (κ2) is 7.62. The molecule has 0 bridgehead atoms. The number of piperidine rings is 1. The van der Waals surface area contributed by atoms with Crippen LogP contribution in [0, 0.1) is 5.92 Å². The van der Waals surface area contributed by atoms with E-state index in [0.717, 1.165) is 23.7 Å². The summed E-state index contributed by atoms with van der Waals surface area (Å²) in [5, 5.41) is 10.1. The normalized spacial score (nSPS) is 20.9. The Bertz CT molecular complexity index is 748. The molecule has 1 aliphatic carbocycles. The van der Waals surface area contributed by atoms with Gasteiger partial charge in [-0.05, 0) is 55.3 Å². The van der Waals surface area contributed by atoms with Crippen LogP contribution in [-0.4, -0.2) is 34.1 Å². The van der Waals surface area contributed by atoms with Crippen LogP contribution in [-0.2, 0) is 13.1 Å². The Hall–Kier alpha value is -2.14. The van der Waals surface area contributed by atoms with Crippen molar-refractivity contribution in [1.82, 2.24) is 20.4 Å². The average Bonchev–Trinajstić information content (AvgIpc) is 3.38. The molecule has 2 aliphatic rings. The minimum absolute atomic E-state index is 0.112. The predicted octanol–water partition coefficient (Wildman–Crippen LogP) is 3.45. The van der Waals surface area contributed by atoms with Crippen molar-refractivity contribution < 1.29 is 4.79 Å². The highest BCUT2D eigenvalue weighted by molar-refractivity contribution is 5.92. The van der Waals surface area contributed by atoms with Crippen molar-refractivity contribution in [1.29, 1.82) is 0 Å². The Morgan fingerprint density at radius 1 is 1.23 bits per heavy atom. The highest BCUT2D eigenvalue weighted by Crippen LogP contribution is 2.38. The first-order chi connectivity index (χ1) is 12.7. The number of aromatic nitrogens is 2. The maximum absolute atomic E-state index is 12.2. The molecule has 2 heterocycles. The van der Waals surface area contributed by atoms with Gasteiger partial charge in [0.2, 0.25) is 0 Å². The number of nitrogens with zero attached hydrogens (tertiary/aromatic N) is 2. The lowest BCUT2D eigenvalue weighted by atomic mass is 9.99. The largest absolute Gasteiger partial charge is 0.347 e. The van der Waals surface area contributed by atoms with E-state index in [2.05, 4.69) is 51.6 Å². The number of carbonyl (C=O) groups is 1. The van der Waals surface area contributed by atoms with Crippen LogP contribution in [0.5, 0.6) is 0 Å². The summed E-state index contributed by atoms with van der Waals surface area (Å²) in [5.74, 6) is 1.28. The van der Waals surface area contributed by atoms with Gasteiger partial charge in [-0.1, -0.05) is 31.2 Å². The number of H-pyrrole nitrogens is 1. The van der Waals surface area contributed by atoms with Gasteiger partial charge in [-0.25, -0.2) is 0 Å². The summed E-state index contributed by atoms with van der Waals surface area (Å²) in [7, 11) is 0. The van der Waals surface area contributed by atoms with E-state index < -0.39 is 0 Å². The molecule has 1 unspecified atom stereocenters. The maximum atomic E-state index is 12.2. The van der Waals surface area contributed by atoms with Crippen LogP contribution in [0.25, 0.3) is 0 Å². The summed E-state index contributed by atoms with van der Waals surface area (Å²) in [4.78, 5) is 14.8.